The van der Waals surface area contributed by atoms with Crippen LogP contribution in [-0.2, 0) is 11.3 Å². The Bertz CT molecular complexity index is 730. The molecule has 2 rings (SSSR count). The van der Waals surface area contributed by atoms with Crippen LogP contribution in [0.4, 0.5) is 0 Å². The van der Waals surface area contributed by atoms with E-state index < -0.39 is 5.97 Å². The first kappa shape index (κ1) is 16.9. The van der Waals surface area contributed by atoms with E-state index >= 15 is 0 Å². The van der Waals surface area contributed by atoms with Gasteiger partial charge in [0.15, 0.2) is 6.61 Å². The fourth-order valence-electron chi connectivity index (χ4n) is 2.30. The van der Waals surface area contributed by atoms with Gasteiger partial charge in [-0.25, -0.2) is 4.79 Å². The maximum atomic E-state index is 12.3. The van der Waals surface area contributed by atoms with Crippen molar-refractivity contribution < 1.29 is 19.4 Å². The van der Waals surface area contributed by atoms with Gasteiger partial charge in [-0.3, -0.25) is 4.79 Å². The first-order valence-corrected chi connectivity index (χ1v) is 7.40. The minimum Gasteiger partial charge on any atom is -0.454 e. The Kier molecular flexibility index (Phi) is 5.29. The summed E-state index contributed by atoms with van der Waals surface area (Å²) in [6.45, 7) is 5.44. The summed E-state index contributed by atoms with van der Waals surface area (Å²) in [7, 11) is 0. The molecule has 0 aliphatic rings. The Hall–Kier alpha value is -2.46. The number of benzene rings is 2. The molecule has 2 aromatic carbocycles. The predicted octanol–water partition coefficient (Wildman–Crippen LogP) is 3.14. The number of rotatable bonds is 5. The van der Waals surface area contributed by atoms with Crippen LogP contribution in [0.2, 0.25) is 0 Å². The molecule has 0 heterocycles. The number of carbonyl (C=O) groups is 2. The third kappa shape index (κ3) is 4.05. The smallest absolute Gasteiger partial charge is 0.338 e. The maximum Gasteiger partial charge on any atom is 0.338 e. The third-order valence-corrected chi connectivity index (χ3v) is 3.85. The van der Waals surface area contributed by atoms with E-state index in [0.29, 0.717) is 16.7 Å². The van der Waals surface area contributed by atoms with Gasteiger partial charge in [-0.2, -0.15) is 0 Å². The summed E-state index contributed by atoms with van der Waals surface area (Å²) in [5.41, 5.74) is 4.68. The third-order valence-electron chi connectivity index (χ3n) is 3.85. The molecule has 0 spiro atoms. The molecule has 0 aliphatic carbocycles. The number of aryl methyl sites for hydroxylation is 3. The molecule has 120 valence electrons. The first-order chi connectivity index (χ1) is 10.9. The lowest BCUT2D eigenvalue weighted by atomic mass is 9.98. The standard InChI is InChI=1S/C19H20O4/c1-12-8-14(3)17(9-13(12)2)18(21)11-23-19(22)16-6-4-15(10-20)5-7-16/h4-9,20H,10-11H2,1-3H3. The molecule has 0 radical (unpaired) electrons. The number of aliphatic hydroxyl groups excluding tert-OH is 1. The lowest BCUT2D eigenvalue weighted by molar-refractivity contribution is 0.0474. The van der Waals surface area contributed by atoms with Crippen molar-refractivity contribution in [2.75, 3.05) is 6.61 Å². The molecule has 23 heavy (non-hydrogen) atoms. The van der Waals surface area contributed by atoms with E-state index in [2.05, 4.69) is 0 Å². The minimum absolute atomic E-state index is 0.0835. The summed E-state index contributed by atoms with van der Waals surface area (Å²) in [4.78, 5) is 24.2. The van der Waals surface area contributed by atoms with E-state index in [4.69, 9.17) is 9.84 Å². The minimum atomic E-state index is -0.552. The highest BCUT2D eigenvalue weighted by atomic mass is 16.5. The molecule has 4 nitrogen and oxygen atoms in total. The molecule has 0 aromatic heterocycles. The normalized spacial score (nSPS) is 10.4. The zero-order valence-corrected chi connectivity index (χ0v) is 13.6. The van der Waals surface area contributed by atoms with E-state index in [1.54, 1.807) is 24.3 Å². The first-order valence-electron chi connectivity index (χ1n) is 7.40. The van der Waals surface area contributed by atoms with Crippen molar-refractivity contribution in [2.24, 2.45) is 0 Å². The molecule has 4 heteroatoms. The molecule has 0 atom stereocenters. The molecule has 0 saturated heterocycles. The lowest BCUT2D eigenvalue weighted by Crippen LogP contribution is -2.15. The molecular formula is C19H20O4. The Morgan fingerprint density at radius 2 is 1.57 bits per heavy atom. The van der Waals surface area contributed by atoms with Gasteiger partial charge in [-0.05, 0) is 61.2 Å². The highest BCUT2D eigenvalue weighted by Crippen LogP contribution is 2.16. The second-order valence-corrected chi connectivity index (χ2v) is 5.61. The summed E-state index contributed by atoms with van der Waals surface area (Å²) < 4.78 is 5.09. The van der Waals surface area contributed by atoms with Gasteiger partial charge >= 0.3 is 5.97 Å². The van der Waals surface area contributed by atoms with Crippen molar-refractivity contribution in [3.63, 3.8) is 0 Å². The molecule has 0 saturated carbocycles. The van der Waals surface area contributed by atoms with Crippen LogP contribution in [0.5, 0.6) is 0 Å². The van der Waals surface area contributed by atoms with Gasteiger partial charge in [0.05, 0.1) is 12.2 Å². The van der Waals surface area contributed by atoms with Gasteiger partial charge in [0, 0.05) is 5.56 Å². The zero-order chi connectivity index (χ0) is 17.0. The summed E-state index contributed by atoms with van der Waals surface area (Å²) in [6, 6.07) is 10.2. The van der Waals surface area contributed by atoms with Gasteiger partial charge < -0.3 is 9.84 Å². The van der Waals surface area contributed by atoms with Crippen LogP contribution in [0.15, 0.2) is 36.4 Å². The number of ketones is 1. The van der Waals surface area contributed by atoms with Crippen molar-refractivity contribution in [3.8, 4) is 0 Å². The van der Waals surface area contributed by atoms with Crippen LogP contribution >= 0.6 is 0 Å². The molecule has 0 unspecified atom stereocenters. The molecular weight excluding hydrogens is 292 g/mol. The van der Waals surface area contributed by atoms with E-state index in [9.17, 15) is 9.59 Å². The lowest BCUT2D eigenvalue weighted by Gasteiger charge is -2.09. The van der Waals surface area contributed by atoms with E-state index in [0.717, 1.165) is 16.7 Å². The summed E-state index contributed by atoms with van der Waals surface area (Å²) in [6.07, 6.45) is 0. The van der Waals surface area contributed by atoms with Crippen molar-refractivity contribution in [3.05, 3.63) is 69.8 Å². The average Bonchev–Trinajstić information content (AvgIpc) is 2.55. The molecule has 0 bridgehead atoms. The van der Waals surface area contributed by atoms with Crippen LogP contribution in [0.25, 0.3) is 0 Å². The van der Waals surface area contributed by atoms with Crippen LogP contribution < -0.4 is 0 Å². The number of ether oxygens (including phenoxy) is 1. The van der Waals surface area contributed by atoms with Crippen LogP contribution in [0, 0.1) is 20.8 Å². The van der Waals surface area contributed by atoms with Gasteiger partial charge in [0.1, 0.15) is 0 Å². The van der Waals surface area contributed by atoms with Gasteiger partial charge in [0.2, 0.25) is 5.78 Å². The highest BCUT2D eigenvalue weighted by Gasteiger charge is 2.14. The monoisotopic (exact) mass is 312 g/mol. The molecule has 1 N–H and O–H groups in total. The summed E-state index contributed by atoms with van der Waals surface area (Å²) >= 11 is 0. The molecule has 2 aromatic rings. The Morgan fingerprint density at radius 3 is 2.17 bits per heavy atom. The number of hydrogen-bond acceptors (Lipinski definition) is 4. The van der Waals surface area contributed by atoms with Gasteiger partial charge in [-0.1, -0.05) is 18.2 Å². The van der Waals surface area contributed by atoms with E-state index in [-0.39, 0.29) is 19.0 Å². The average molecular weight is 312 g/mol. The second-order valence-electron chi connectivity index (χ2n) is 5.61. The van der Waals surface area contributed by atoms with E-state index in [1.807, 2.05) is 32.9 Å². The van der Waals surface area contributed by atoms with Crippen LogP contribution in [0.3, 0.4) is 0 Å². The number of carbonyl (C=O) groups excluding carboxylic acids is 2. The molecule has 0 fully saturated rings. The number of aliphatic hydroxyl groups is 1. The number of Topliss-reactive ketones (excluding diaryl/α,β-unsaturated/α-hetero) is 1. The van der Waals surface area contributed by atoms with Crippen molar-refractivity contribution in [1.82, 2.24) is 0 Å². The van der Waals surface area contributed by atoms with Crippen LogP contribution in [-0.4, -0.2) is 23.5 Å². The highest BCUT2D eigenvalue weighted by molar-refractivity contribution is 6.00. The summed E-state index contributed by atoms with van der Waals surface area (Å²) in [5.74, 6) is -0.768. The van der Waals surface area contributed by atoms with Crippen LogP contribution in [0.1, 0.15) is 43.0 Å². The second kappa shape index (κ2) is 7.20. The van der Waals surface area contributed by atoms with Crippen molar-refractivity contribution in [1.29, 1.82) is 0 Å². The SMILES string of the molecule is Cc1cc(C)c(C(=O)COC(=O)c2ccc(CO)cc2)cc1C. The topological polar surface area (TPSA) is 63.6 Å². The number of hydrogen-bond donors (Lipinski definition) is 1. The Labute approximate surface area is 135 Å². The zero-order valence-electron chi connectivity index (χ0n) is 13.6. The quantitative estimate of drug-likeness (QED) is 0.680. The molecule has 0 aliphatic heterocycles. The van der Waals surface area contributed by atoms with E-state index in [1.165, 1.54) is 0 Å². The fourth-order valence-corrected chi connectivity index (χ4v) is 2.30. The van der Waals surface area contributed by atoms with Gasteiger partial charge in [0.25, 0.3) is 0 Å². The van der Waals surface area contributed by atoms with Crippen molar-refractivity contribution in [2.45, 2.75) is 27.4 Å². The Balaban J connectivity index is 2.03. The Morgan fingerprint density at radius 1 is 0.957 bits per heavy atom. The largest absolute Gasteiger partial charge is 0.454 e. The van der Waals surface area contributed by atoms with Gasteiger partial charge in [-0.15, -0.1) is 0 Å². The molecule has 0 amide bonds. The summed E-state index contributed by atoms with van der Waals surface area (Å²) in [5, 5.41) is 8.98. The van der Waals surface area contributed by atoms with Crippen molar-refractivity contribution >= 4 is 11.8 Å². The maximum absolute atomic E-state index is 12.3. The fraction of sp³-hybridized carbons (Fsp3) is 0.263. The number of esters is 1. The predicted molar refractivity (Wildman–Crippen MR) is 87.6 cm³/mol.